The van der Waals surface area contributed by atoms with E-state index in [2.05, 4.69) is 0 Å². The third kappa shape index (κ3) is 22.6. The van der Waals surface area contributed by atoms with Gasteiger partial charge in [0.2, 0.25) is 0 Å². The van der Waals surface area contributed by atoms with Crippen molar-refractivity contribution in [2.75, 3.05) is 13.2 Å². The van der Waals surface area contributed by atoms with Crippen LogP contribution in [0.4, 0.5) is 0 Å². The highest BCUT2D eigenvalue weighted by Gasteiger charge is 1.95. The van der Waals surface area contributed by atoms with Crippen molar-refractivity contribution in [3.8, 4) is 0 Å². The molecule has 0 amide bonds. The molecule has 2 nitrogen and oxygen atoms in total. The van der Waals surface area contributed by atoms with Crippen molar-refractivity contribution in [3.05, 3.63) is 0 Å². The predicted molar refractivity (Wildman–Crippen MR) is 52.3 cm³/mol. The van der Waals surface area contributed by atoms with Crippen LogP contribution < -0.4 is 0 Å². The van der Waals surface area contributed by atoms with E-state index in [1.165, 1.54) is 0 Å². The van der Waals surface area contributed by atoms with Crippen LogP contribution in [0.5, 0.6) is 0 Å². The molecule has 0 rings (SSSR count). The first-order valence-electron chi connectivity index (χ1n) is 4.61. The second-order valence-corrected chi connectivity index (χ2v) is 3.08. The lowest BCUT2D eigenvalue weighted by Gasteiger charge is -1.95. The molecule has 0 spiro atoms. The van der Waals surface area contributed by atoms with E-state index < -0.39 is 0 Å². The van der Waals surface area contributed by atoms with E-state index in [1.807, 2.05) is 27.7 Å². The van der Waals surface area contributed by atoms with Crippen LogP contribution in [0.2, 0.25) is 0 Å². The van der Waals surface area contributed by atoms with Gasteiger partial charge in [0.05, 0.1) is 0 Å². The van der Waals surface area contributed by atoms with Gasteiger partial charge in [-0.25, -0.2) is 0 Å². The molecule has 0 heterocycles. The molecule has 0 unspecified atom stereocenters. The van der Waals surface area contributed by atoms with Gasteiger partial charge in [-0.2, -0.15) is 0 Å². The number of carbonyl (C=O) groups is 1. The molecular weight excluding hydrogens is 152 g/mol. The van der Waals surface area contributed by atoms with Crippen LogP contribution >= 0.6 is 0 Å². The molecule has 0 radical (unpaired) electrons. The average molecular weight is 174 g/mol. The quantitative estimate of drug-likeness (QED) is 0.655. The summed E-state index contributed by atoms with van der Waals surface area (Å²) in [5.74, 6) is 0.813. The SMILES string of the molecule is CC(=O)CC(C)C.CCOCC. The number of carbonyl (C=O) groups excluding carboxylic acids is 1. The lowest BCUT2D eigenvalue weighted by atomic mass is 10.1. The summed E-state index contributed by atoms with van der Waals surface area (Å²) in [4.78, 5) is 10.3. The molecule has 0 saturated carbocycles. The predicted octanol–water partition coefficient (Wildman–Crippen LogP) is 2.66. The summed E-state index contributed by atoms with van der Waals surface area (Å²) in [6.07, 6.45) is 0.722. The first kappa shape index (κ1) is 14.2. The Morgan fingerprint density at radius 1 is 1.25 bits per heavy atom. The Bertz CT molecular complexity index is 96.0. The summed E-state index contributed by atoms with van der Waals surface area (Å²) in [5.41, 5.74) is 0. The molecule has 0 aromatic carbocycles. The molecule has 0 bridgehead atoms. The van der Waals surface area contributed by atoms with E-state index in [4.69, 9.17) is 4.74 Å². The van der Waals surface area contributed by atoms with Gasteiger partial charge in [-0.05, 0) is 26.7 Å². The Labute approximate surface area is 76.3 Å². The normalized spacial score (nSPS) is 9.17. The van der Waals surface area contributed by atoms with Gasteiger partial charge in [-0.3, -0.25) is 0 Å². The third-order valence-electron chi connectivity index (χ3n) is 1.10. The molecule has 0 aliphatic carbocycles. The van der Waals surface area contributed by atoms with Gasteiger partial charge in [0.25, 0.3) is 0 Å². The molecule has 0 atom stereocenters. The number of hydrogen-bond donors (Lipinski definition) is 0. The van der Waals surface area contributed by atoms with Crippen molar-refractivity contribution < 1.29 is 9.53 Å². The standard InChI is InChI=1S/C6H12O.C4H10O/c1-5(2)4-6(3)7;1-3-5-4-2/h5H,4H2,1-3H3;3-4H2,1-2H3. The summed E-state index contributed by atoms with van der Waals surface area (Å²) < 4.78 is 4.83. The topological polar surface area (TPSA) is 26.3 Å². The summed E-state index contributed by atoms with van der Waals surface area (Å²) in [7, 11) is 0. The minimum Gasteiger partial charge on any atom is -0.382 e. The highest BCUT2D eigenvalue weighted by Crippen LogP contribution is 1.97. The highest BCUT2D eigenvalue weighted by molar-refractivity contribution is 5.75. The van der Waals surface area contributed by atoms with Crippen molar-refractivity contribution in [2.24, 2.45) is 5.92 Å². The maximum atomic E-state index is 10.3. The van der Waals surface area contributed by atoms with E-state index in [0.29, 0.717) is 5.92 Å². The van der Waals surface area contributed by atoms with Crippen LogP contribution in [0.15, 0.2) is 0 Å². The Morgan fingerprint density at radius 3 is 1.67 bits per heavy atom. The van der Waals surface area contributed by atoms with Crippen LogP contribution in [0.3, 0.4) is 0 Å². The van der Waals surface area contributed by atoms with E-state index >= 15 is 0 Å². The minimum absolute atomic E-state index is 0.287. The average Bonchev–Trinajstić information content (AvgIpc) is 1.87. The molecule has 0 saturated heterocycles. The van der Waals surface area contributed by atoms with Crippen molar-refractivity contribution in [1.82, 2.24) is 0 Å². The number of hydrogen-bond acceptors (Lipinski definition) is 2. The zero-order valence-corrected chi connectivity index (χ0v) is 9.02. The van der Waals surface area contributed by atoms with E-state index in [0.717, 1.165) is 19.6 Å². The van der Waals surface area contributed by atoms with E-state index in [1.54, 1.807) is 6.92 Å². The third-order valence-corrected chi connectivity index (χ3v) is 1.10. The van der Waals surface area contributed by atoms with Gasteiger partial charge < -0.3 is 9.53 Å². The zero-order valence-electron chi connectivity index (χ0n) is 9.02. The van der Waals surface area contributed by atoms with Crippen molar-refractivity contribution >= 4 is 5.78 Å². The molecular formula is C10H22O2. The molecule has 0 aliphatic heterocycles. The van der Waals surface area contributed by atoms with Crippen LogP contribution in [0.1, 0.15) is 41.0 Å². The smallest absolute Gasteiger partial charge is 0.130 e. The van der Waals surface area contributed by atoms with Crippen molar-refractivity contribution in [1.29, 1.82) is 0 Å². The molecule has 74 valence electrons. The molecule has 0 N–H and O–H groups in total. The second kappa shape index (κ2) is 10.6. The Balaban J connectivity index is 0. The molecule has 0 aromatic heterocycles. The van der Waals surface area contributed by atoms with Gasteiger partial charge in [-0.1, -0.05) is 13.8 Å². The molecule has 2 heteroatoms. The monoisotopic (exact) mass is 174 g/mol. The fourth-order valence-corrected chi connectivity index (χ4v) is 0.779. The van der Waals surface area contributed by atoms with Gasteiger partial charge in [-0.15, -0.1) is 0 Å². The summed E-state index contributed by atoms with van der Waals surface area (Å²) in [6, 6.07) is 0. The lowest BCUT2D eigenvalue weighted by molar-refractivity contribution is -0.117. The van der Waals surface area contributed by atoms with Crippen LogP contribution in [0, 0.1) is 5.92 Å². The largest absolute Gasteiger partial charge is 0.382 e. The van der Waals surface area contributed by atoms with Crippen LogP contribution in [-0.2, 0) is 9.53 Å². The Morgan fingerprint density at radius 2 is 1.67 bits per heavy atom. The summed E-state index contributed by atoms with van der Waals surface area (Å²) in [5, 5.41) is 0. The minimum atomic E-state index is 0.287. The summed E-state index contributed by atoms with van der Waals surface area (Å²) in [6.45, 7) is 11.4. The van der Waals surface area contributed by atoms with Crippen molar-refractivity contribution in [2.45, 2.75) is 41.0 Å². The van der Waals surface area contributed by atoms with Gasteiger partial charge in [0.1, 0.15) is 5.78 Å². The molecule has 0 fully saturated rings. The van der Waals surface area contributed by atoms with Gasteiger partial charge >= 0.3 is 0 Å². The number of ketones is 1. The zero-order chi connectivity index (χ0) is 9.98. The fraction of sp³-hybridized carbons (Fsp3) is 0.900. The van der Waals surface area contributed by atoms with E-state index in [-0.39, 0.29) is 5.78 Å². The maximum absolute atomic E-state index is 10.3. The number of rotatable bonds is 4. The Kier molecular flexibility index (Phi) is 12.6. The van der Waals surface area contributed by atoms with E-state index in [9.17, 15) is 4.79 Å². The van der Waals surface area contributed by atoms with Crippen molar-refractivity contribution in [3.63, 3.8) is 0 Å². The van der Waals surface area contributed by atoms with Gasteiger partial charge in [0.15, 0.2) is 0 Å². The highest BCUT2D eigenvalue weighted by atomic mass is 16.5. The summed E-state index contributed by atoms with van der Waals surface area (Å²) >= 11 is 0. The van der Waals surface area contributed by atoms with Crippen LogP contribution in [0.25, 0.3) is 0 Å². The second-order valence-electron chi connectivity index (χ2n) is 3.08. The molecule has 0 aromatic rings. The number of Topliss-reactive ketones (excluding diaryl/α,β-unsaturated/α-hetero) is 1. The maximum Gasteiger partial charge on any atom is 0.130 e. The molecule has 12 heavy (non-hydrogen) atoms. The Hall–Kier alpha value is -0.370. The number of ether oxygens (including phenoxy) is 1. The first-order valence-corrected chi connectivity index (χ1v) is 4.61. The van der Waals surface area contributed by atoms with Crippen LogP contribution in [-0.4, -0.2) is 19.0 Å². The fourth-order valence-electron chi connectivity index (χ4n) is 0.779. The lowest BCUT2D eigenvalue weighted by Crippen LogP contribution is -1.95. The molecule has 0 aliphatic rings. The van der Waals surface area contributed by atoms with Gasteiger partial charge in [0, 0.05) is 19.6 Å². The first-order chi connectivity index (χ1) is 5.54.